The Kier molecular flexibility index (Phi) is 6.06. The largest absolute Gasteiger partial charge is 0.355 e. The van der Waals surface area contributed by atoms with E-state index in [-0.39, 0.29) is 11.6 Å². The summed E-state index contributed by atoms with van der Waals surface area (Å²) in [7, 11) is 0. The summed E-state index contributed by atoms with van der Waals surface area (Å²) in [6.45, 7) is 3.81. The van der Waals surface area contributed by atoms with Gasteiger partial charge in [-0.05, 0) is 26.0 Å². The van der Waals surface area contributed by atoms with Gasteiger partial charge in [0.1, 0.15) is 6.04 Å². The first-order valence-corrected chi connectivity index (χ1v) is 6.45. The zero-order chi connectivity index (χ0) is 15.8. The maximum atomic E-state index is 11.7. The van der Waals surface area contributed by atoms with E-state index in [1.165, 1.54) is 18.2 Å². The Bertz CT molecular complexity index is 569. The SMILES string of the molecule is CCNC(=O)[C@@H](C)NC(=O)/C=C/c1ccccc1[N+](=O)[O-]. The molecule has 0 saturated carbocycles. The van der Waals surface area contributed by atoms with Crippen molar-refractivity contribution in [1.29, 1.82) is 0 Å². The van der Waals surface area contributed by atoms with Gasteiger partial charge in [0.05, 0.1) is 10.5 Å². The molecule has 2 N–H and O–H groups in total. The molecule has 0 heterocycles. The summed E-state index contributed by atoms with van der Waals surface area (Å²) in [5.74, 6) is -0.781. The fourth-order valence-electron chi connectivity index (χ4n) is 1.61. The minimum atomic E-state index is -0.673. The molecule has 0 aromatic heterocycles. The van der Waals surface area contributed by atoms with E-state index in [1.54, 1.807) is 26.0 Å². The molecule has 0 radical (unpaired) electrons. The van der Waals surface area contributed by atoms with E-state index >= 15 is 0 Å². The number of rotatable bonds is 6. The van der Waals surface area contributed by atoms with Crippen molar-refractivity contribution >= 4 is 23.6 Å². The average molecular weight is 291 g/mol. The van der Waals surface area contributed by atoms with Crippen LogP contribution in [0.2, 0.25) is 0 Å². The quantitative estimate of drug-likeness (QED) is 0.468. The van der Waals surface area contributed by atoms with Gasteiger partial charge >= 0.3 is 0 Å². The van der Waals surface area contributed by atoms with Crippen molar-refractivity contribution in [3.05, 3.63) is 46.0 Å². The van der Waals surface area contributed by atoms with Gasteiger partial charge in [-0.15, -0.1) is 0 Å². The fraction of sp³-hybridized carbons (Fsp3) is 0.286. The molecule has 1 aromatic carbocycles. The Balaban J connectivity index is 2.71. The van der Waals surface area contributed by atoms with Gasteiger partial charge in [0.25, 0.3) is 5.69 Å². The first-order chi connectivity index (χ1) is 9.95. The number of nitro benzene ring substituents is 1. The second kappa shape index (κ2) is 7.78. The summed E-state index contributed by atoms with van der Waals surface area (Å²) in [6.07, 6.45) is 2.51. The normalized spacial score (nSPS) is 11.9. The van der Waals surface area contributed by atoms with Gasteiger partial charge in [-0.2, -0.15) is 0 Å². The summed E-state index contributed by atoms with van der Waals surface area (Å²) in [6, 6.07) is 5.41. The maximum Gasteiger partial charge on any atom is 0.276 e. The van der Waals surface area contributed by atoms with Crippen LogP contribution in [0, 0.1) is 10.1 Å². The molecule has 7 nitrogen and oxygen atoms in total. The number of hydrogen-bond acceptors (Lipinski definition) is 4. The number of benzene rings is 1. The molecule has 1 aromatic rings. The summed E-state index contributed by atoms with van der Waals surface area (Å²) < 4.78 is 0. The van der Waals surface area contributed by atoms with Crippen LogP contribution in [0.25, 0.3) is 6.08 Å². The highest BCUT2D eigenvalue weighted by molar-refractivity contribution is 5.95. The van der Waals surface area contributed by atoms with Crippen molar-refractivity contribution in [3.63, 3.8) is 0 Å². The molecule has 0 saturated heterocycles. The standard InChI is InChI=1S/C14H17N3O4/c1-3-15-14(19)10(2)16-13(18)9-8-11-6-4-5-7-12(11)17(20)21/h4-10H,3H2,1-2H3,(H,15,19)(H,16,18)/b9-8+/t10-/m1/s1. The number of likely N-dealkylation sites (N-methyl/N-ethyl adjacent to an activating group) is 1. The van der Waals surface area contributed by atoms with Crippen LogP contribution in [0.5, 0.6) is 0 Å². The maximum absolute atomic E-state index is 11.7. The first-order valence-electron chi connectivity index (χ1n) is 6.45. The molecule has 0 aliphatic rings. The van der Waals surface area contributed by atoms with Gasteiger partial charge in [-0.3, -0.25) is 19.7 Å². The minimum Gasteiger partial charge on any atom is -0.355 e. The third-order valence-electron chi connectivity index (χ3n) is 2.65. The second-order valence-electron chi connectivity index (χ2n) is 4.27. The van der Waals surface area contributed by atoms with Gasteiger partial charge in [0, 0.05) is 18.7 Å². The monoisotopic (exact) mass is 291 g/mol. The zero-order valence-corrected chi connectivity index (χ0v) is 11.8. The molecule has 1 rings (SSSR count). The average Bonchev–Trinajstić information content (AvgIpc) is 2.45. The van der Waals surface area contributed by atoms with Crippen LogP contribution < -0.4 is 10.6 Å². The number of amides is 2. The highest BCUT2D eigenvalue weighted by atomic mass is 16.6. The van der Waals surface area contributed by atoms with E-state index in [1.807, 2.05) is 0 Å². The predicted octanol–water partition coefficient (Wildman–Crippen LogP) is 1.25. The number of hydrogen-bond donors (Lipinski definition) is 2. The Morgan fingerprint density at radius 1 is 1.38 bits per heavy atom. The molecule has 0 unspecified atom stereocenters. The third-order valence-corrected chi connectivity index (χ3v) is 2.65. The summed E-state index contributed by atoms with van der Waals surface area (Å²) in [4.78, 5) is 33.4. The van der Waals surface area contributed by atoms with Crippen molar-refractivity contribution in [1.82, 2.24) is 10.6 Å². The summed E-state index contributed by atoms with van der Waals surface area (Å²) in [5, 5.41) is 15.9. The molecule has 2 amide bonds. The lowest BCUT2D eigenvalue weighted by Crippen LogP contribution is -2.44. The van der Waals surface area contributed by atoms with Gasteiger partial charge in [-0.25, -0.2) is 0 Å². The topological polar surface area (TPSA) is 101 Å². The zero-order valence-electron chi connectivity index (χ0n) is 11.8. The number of para-hydroxylation sites is 1. The van der Waals surface area contributed by atoms with Crippen LogP contribution in [0.4, 0.5) is 5.69 Å². The molecular weight excluding hydrogens is 274 g/mol. The molecule has 0 aliphatic carbocycles. The lowest BCUT2D eigenvalue weighted by molar-refractivity contribution is -0.385. The van der Waals surface area contributed by atoms with Gasteiger partial charge in [0.15, 0.2) is 0 Å². The van der Waals surface area contributed by atoms with Crippen molar-refractivity contribution < 1.29 is 14.5 Å². The van der Waals surface area contributed by atoms with Crippen LogP contribution in [0.3, 0.4) is 0 Å². The van der Waals surface area contributed by atoms with E-state index in [4.69, 9.17) is 0 Å². The summed E-state index contributed by atoms with van der Waals surface area (Å²) in [5.41, 5.74) is 0.238. The Morgan fingerprint density at radius 2 is 2.05 bits per heavy atom. The first kappa shape index (κ1) is 16.4. The number of carbonyl (C=O) groups excluding carboxylic acids is 2. The van der Waals surface area contributed by atoms with Crippen LogP contribution in [0.15, 0.2) is 30.3 Å². The van der Waals surface area contributed by atoms with Crippen molar-refractivity contribution in [2.24, 2.45) is 0 Å². The molecule has 0 bridgehead atoms. The fourth-order valence-corrected chi connectivity index (χ4v) is 1.61. The van der Waals surface area contributed by atoms with Gasteiger partial charge in [0.2, 0.25) is 11.8 Å². The van der Waals surface area contributed by atoms with Crippen molar-refractivity contribution in [2.75, 3.05) is 6.54 Å². The van der Waals surface area contributed by atoms with E-state index in [0.717, 1.165) is 6.08 Å². The molecule has 0 spiro atoms. The van der Waals surface area contributed by atoms with Crippen LogP contribution in [-0.4, -0.2) is 29.3 Å². The number of nitro groups is 1. The van der Waals surface area contributed by atoms with E-state index in [9.17, 15) is 19.7 Å². The molecule has 21 heavy (non-hydrogen) atoms. The smallest absolute Gasteiger partial charge is 0.276 e. The molecule has 1 atom stereocenters. The van der Waals surface area contributed by atoms with Gasteiger partial charge in [-0.1, -0.05) is 12.1 Å². The van der Waals surface area contributed by atoms with Crippen LogP contribution >= 0.6 is 0 Å². The molecule has 7 heteroatoms. The highest BCUT2D eigenvalue weighted by Crippen LogP contribution is 2.18. The molecule has 0 aliphatic heterocycles. The highest BCUT2D eigenvalue weighted by Gasteiger charge is 2.13. The van der Waals surface area contributed by atoms with Crippen LogP contribution in [-0.2, 0) is 9.59 Å². The van der Waals surface area contributed by atoms with E-state index < -0.39 is 16.9 Å². The van der Waals surface area contributed by atoms with E-state index in [2.05, 4.69) is 10.6 Å². The number of carbonyl (C=O) groups is 2. The minimum absolute atomic E-state index is 0.0849. The van der Waals surface area contributed by atoms with Gasteiger partial charge < -0.3 is 10.6 Å². The lowest BCUT2D eigenvalue weighted by atomic mass is 10.1. The predicted molar refractivity (Wildman–Crippen MR) is 78.4 cm³/mol. The molecule has 0 fully saturated rings. The van der Waals surface area contributed by atoms with Crippen molar-refractivity contribution in [2.45, 2.75) is 19.9 Å². The third kappa shape index (κ3) is 5.06. The number of nitrogens with one attached hydrogen (secondary N) is 2. The Hall–Kier alpha value is -2.70. The lowest BCUT2D eigenvalue weighted by Gasteiger charge is -2.11. The molecule has 112 valence electrons. The van der Waals surface area contributed by atoms with Crippen molar-refractivity contribution in [3.8, 4) is 0 Å². The Morgan fingerprint density at radius 3 is 2.67 bits per heavy atom. The Labute approximate surface area is 122 Å². The van der Waals surface area contributed by atoms with E-state index in [0.29, 0.717) is 12.1 Å². The number of nitrogens with zero attached hydrogens (tertiary/aromatic N) is 1. The second-order valence-corrected chi connectivity index (χ2v) is 4.27. The van der Waals surface area contributed by atoms with Crippen LogP contribution in [0.1, 0.15) is 19.4 Å². The molecular formula is C14H17N3O4. The summed E-state index contributed by atoms with van der Waals surface area (Å²) >= 11 is 0.